The van der Waals surface area contributed by atoms with Crippen LogP contribution in [0.4, 0.5) is 17.5 Å². The summed E-state index contributed by atoms with van der Waals surface area (Å²) in [6.45, 7) is 4.45. The zero-order valence-corrected chi connectivity index (χ0v) is 12.1. The van der Waals surface area contributed by atoms with Crippen molar-refractivity contribution in [1.82, 2.24) is 9.97 Å². The normalized spacial score (nSPS) is 10.4. The lowest BCUT2D eigenvalue weighted by Crippen LogP contribution is -2.30. The van der Waals surface area contributed by atoms with Crippen LogP contribution in [0, 0.1) is 17.0 Å². The number of nitrogens with zero attached hydrogens (tertiary/aromatic N) is 4. The standard InChI is InChI=1S/C12H21N5O3/c1-4-5-6-16(7-8-18)11-10(17(19)20)9(2)14-12(13-3)15-11/h18H,4-8H2,1-3H3,(H,13,14,15). The van der Waals surface area contributed by atoms with Crippen molar-refractivity contribution < 1.29 is 10.0 Å². The van der Waals surface area contributed by atoms with E-state index in [1.54, 1.807) is 18.9 Å². The monoisotopic (exact) mass is 283 g/mol. The number of aryl methyl sites for hydroxylation is 1. The summed E-state index contributed by atoms with van der Waals surface area (Å²) in [4.78, 5) is 20.7. The molecule has 0 spiro atoms. The van der Waals surface area contributed by atoms with E-state index < -0.39 is 4.92 Å². The number of aromatic nitrogens is 2. The first-order valence-electron chi connectivity index (χ1n) is 6.61. The van der Waals surface area contributed by atoms with E-state index in [0.717, 1.165) is 12.8 Å². The predicted octanol–water partition coefficient (Wildman–Crippen LogP) is 1.33. The minimum atomic E-state index is -0.472. The Labute approximate surface area is 118 Å². The molecular weight excluding hydrogens is 262 g/mol. The third kappa shape index (κ3) is 3.77. The van der Waals surface area contributed by atoms with E-state index in [9.17, 15) is 10.1 Å². The Hall–Kier alpha value is -1.96. The Morgan fingerprint density at radius 1 is 1.40 bits per heavy atom. The average molecular weight is 283 g/mol. The van der Waals surface area contributed by atoms with E-state index in [-0.39, 0.29) is 18.1 Å². The molecule has 0 saturated heterocycles. The number of anilines is 2. The molecule has 2 N–H and O–H groups in total. The minimum absolute atomic E-state index is 0.0845. The Balaban J connectivity index is 3.28. The van der Waals surface area contributed by atoms with Gasteiger partial charge in [0.2, 0.25) is 11.8 Å². The summed E-state index contributed by atoms with van der Waals surface area (Å²) < 4.78 is 0. The summed E-state index contributed by atoms with van der Waals surface area (Å²) in [6.07, 6.45) is 1.83. The fourth-order valence-electron chi connectivity index (χ4n) is 1.89. The van der Waals surface area contributed by atoms with E-state index in [2.05, 4.69) is 15.3 Å². The van der Waals surface area contributed by atoms with Crippen molar-refractivity contribution in [2.45, 2.75) is 26.7 Å². The molecule has 20 heavy (non-hydrogen) atoms. The molecule has 0 fully saturated rings. The van der Waals surface area contributed by atoms with E-state index in [0.29, 0.717) is 24.7 Å². The summed E-state index contributed by atoms with van der Waals surface area (Å²) in [6, 6.07) is 0. The SMILES string of the molecule is CCCCN(CCO)c1nc(NC)nc(C)c1[N+](=O)[O-]. The number of unbranched alkanes of at least 4 members (excludes halogenated alkanes) is 1. The van der Waals surface area contributed by atoms with Gasteiger partial charge in [-0.15, -0.1) is 0 Å². The Morgan fingerprint density at radius 2 is 2.10 bits per heavy atom. The molecule has 0 aliphatic heterocycles. The van der Waals surface area contributed by atoms with Crippen LogP contribution in [0.15, 0.2) is 0 Å². The maximum absolute atomic E-state index is 11.2. The third-order valence-corrected chi connectivity index (χ3v) is 2.90. The highest BCUT2D eigenvalue weighted by Gasteiger charge is 2.25. The topological polar surface area (TPSA) is 104 Å². The van der Waals surface area contributed by atoms with Crippen LogP contribution in [0.1, 0.15) is 25.5 Å². The van der Waals surface area contributed by atoms with Gasteiger partial charge in [-0.2, -0.15) is 4.98 Å². The molecule has 112 valence electrons. The highest BCUT2D eigenvalue weighted by atomic mass is 16.6. The van der Waals surface area contributed by atoms with Gasteiger partial charge in [0.1, 0.15) is 5.69 Å². The fourth-order valence-corrected chi connectivity index (χ4v) is 1.89. The zero-order valence-electron chi connectivity index (χ0n) is 12.1. The molecule has 0 aromatic carbocycles. The predicted molar refractivity (Wildman–Crippen MR) is 77.2 cm³/mol. The average Bonchev–Trinajstić information content (AvgIpc) is 2.41. The Kier molecular flexibility index (Phi) is 6.10. The van der Waals surface area contributed by atoms with Crippen LogP contribution in [0.5, 0.6) is 0 Å². The summed E-state index contributed by atoms with van der Waals surface area (Å²) in [5.41, 5.74) is 0.206. The van der Waals surface area contributed by atoms with Gasteiger partial charge in [0, 0.05) is 20.1 Å². The zero-order chi connectivity index (χ0) is 15.1. The number of hydrogen-bond donors (Lipinski definition) is 2. The molecular formula is C12H21N5O3. The van der Waals surface area contributed by atoms with E-state index >= 15 is 0 Å². The first kappa shape index (κ1) is 16.1. The van der Waals surface area contributed by atoms with Crippen molar-refractivity contribution in [3.8, 4) is 0 Å². The molecule has 0 unspecified atom stereocenters. The lowest BCUT2D eigenvalue weighted by molar-refractivity contribution is -0.385. The molecule has 0 aliphatic carbocycles. The van der Waals surface area contributed by atoms with Gasteiger partial charge in [-0.05, 0) is 13.3 Å². The van der Waals surface area contributed by atoms with Gasteiger partial charge in [-0.25, -0.2) is 4.98 Å². The van der Waals surface area contributed by atoms with E-state index in [4.69, 9.17) is 5.11 Å². The number of hydrogen-bond acceptors (Lipinski definition) is 7. The van der Waals surface area contributed by atoms with Crippen molar-refractivity contribution in [3.05, 3.63) is 15.8 Å². The minimum Gasteiger partial charge on any atom is -0.395 e. The lowest BCUT2D eigenvalue weighted by atomic mass is 10.2. The molecule has 1 rings (SSSR count). The molecule has 8 nitrogen and oxygen atoms in total. The second-order valence-corrected chi connectivity index (χ2v) is 4.38. The fraction of sp³-hybridized carbons (Fsp3) is 0.667. The van der Waals surface area contributed by atoms with Crippen molar-refractivity contribution >= 4 is 17.5 Å². The third-order valence-electron chi connectivity index (χ3n) is 2.90. The largest absolute Gasteiger partial charge is 0.395 e. The second-order valence-electron chi connectivity index (χ2n) is 4.38. The molecule has 1 aromatic rings. The van der Waals surface area contributed by atoms with E-state index in [1.165, 1.54) is 0 Å². The Bertz CT molecular complexity index is 467. The highest BCUT2D eigenvalue weighted by Crippen LogP contribution is 2.29. The van der Waals surface area contributed by atoms with Gasteiger partial charge >= 0.3 is 5.69 Å². The number of aliphatic hydroxyl groups is 1. The van der Waals surface area contributed by atoms with Crippen molar-refractivity contribution in [2.75, 3.05) is 37.0 Å². The van der Waals surface area contributed by atoms with Gasteiger partial charge in [-0.3, -0.25) is 10.1 Å². The van der Waals surface area contributed by atoms with Gasteiger partial charge in [0.05, 0.1) is 11.5 Å². The Morgan fingerprint density at radius 3 is 2.60 bits per heavy atom. The molecule has 1 aromatic heterocycles. The van der Waals surface area contributed by atoms with E-state index in [1.807, 2.05) is 6.92 Å². The molecule has 0 saturated carbocycles. The number of rotatable bonds is 8. The molecule has 0 aliphatic rings. The van der Waals surface area contributed by atoms with Crippen LogP contribution in [-0.2, 0) is 0 Å². The van der Waals surface area contributed by atoms with Gasteiger partial charge in [-0.1, -0.05) is 13.3 Å². The number of nitro groups is 1. The van der Waals surface area contributed by atoms with Crippen LogP contribution in [0.3, 0.4) is 0 Å². The van der Waals surface area contributed by atoms with Crippen LogP contribution < -0.4 is 10.2 Å². The lowest BCUT2D eigenvalue weighted by Gasteiger charge is -2.23. The maximum atomic E-state index is 11.2. The van der Waals surface area contributed by atoms with Gasteiger partial charge in [0.15, 0.2) is 0 Å². The number of nitrogens with one attached hydrogen (secondary N) is 1. The quantitative estimate of drug-likeness (QED) is 0.547. The van der Waals surface area contributed by atoms with Crippen molar-refractivity contribution in [1.29, 1.82) is 0 Å². The molecule has 1 heterocycles. The molecule has 0 radical (unpaired) electrons. The smallest absolute Gasteiger partial charge is 0.332 e. The maximum Gasteiger partial charge on any atom is 0.332 e. The van der Waals surface area contributed by atoms with Crippen LogP contribution >= 0.6 is 0 Å². The van der Waals surface area contributed by atoms with Crippen molar-refractivity contribution in [2.24, 2.45) is 0 Å². The molecule has 0 bridgehead atoms. The van der Waals surface area contributed by atoms with Gasteiger partial charge < -0.3 is 15.3 Å². The summed E-state index contributed by atoms with van der Waals surface area (Å²) in [5, 5.41) is 23.2. The van der Waals surface area contributed by atoms with Crippen LogP contribution in [0.2, 0.25) is 0 Å². The number of aliphatic hydroxyl groups excluding tert-OH is 1. The molecule has 0 amide bonds. The first-order valence-corrected chi connectivity index (χ1v) is 6.61. The summed E-state index contributed by atoms with van der Waals surface area (Å²) in [5.74, 6) is 0.594. The van der Waals surface area contributed by atoms with Crippen LogP contribution in [0.25, 0.3) is 0 Å². The molecule has 8 heteroatoms. The van der Waals surface area contributed by atoms with Gasteiger partial charge in [0.25, 0.3) is 0 Å². The van der Waals surface area contributed by atoms with Crippen molar-refractivity contribution in [3.63, 3.8) is 0 Å². The second kappa shape index (κ2) is 7.59. The highest BCUT2D eigenvalue weighted by molar-refractivity contribution is 5.62. The first-order chi connectivity index (χ1) is 9.54. The molecule has 0 atom stereocenters. The summed E-state index contributed by atoms with van der Waals surface area (Å²) in [7, 11) is 1.66. The summed E-state index contributed by atoms with van der Waals surface area (Å²) >= 11 is 0. The van der Waals surface area contributed by atoms with Crippen LogP contribution in [-0.4, -0.2) is 46.7 Å².